The van der Waals surface area contributed by atoms with Crippen molar-refractivity contribution in [3.63, 3.8) is 0 Å². The van der Waals surface area contributed by atoms with Gasteiger partial charge in [0, 0.05) is 18.6 Å². The van der Waals surface area contributed by atoms with Crippen LogP contribution in [0.3, 0.4) is 0 Å². The summed E-state index contributed by atoms with van der Waals surface area (Å²) < 4.78 is 51.0. The van der Waals surface area contributed by atoms with Crippen LogP contribution in [0, 0.1) is 0 Å². The largest absolute Gasteiger partial charge is 0.573 e. The molecule has 47 heavy (non-hydrogen) atoms. The lowest BCUT2D eigenvalue weighted by Crippen LogP contribution is -2.16. The molecule has 0 saturated carbocycles. The number of hydrogen-bond acceptors (Lipinski definition) is 7. The summed E-state index contributed by atoms with van der Waals surface area (Å²) in [7, 11) is 1.67. The number of nitrogens with zero attached hydrogens (tertiary/aromatic N) is 3. The number of carboxylic acid groups (broad SMARTS) is 1. The van der Waals surface area contributed by atoms with E-state index in [4.69, 9.17) is 14.8 Å². The third kappa shape index (κ3) is 7.70. The second kappa shape index (κ2) is 14.0. The van der Waals surface area contributed by atoms with E-state index in [1.54, 1.807) is 7.11 Å². The summed E-state index contributed by atoms with van der Waals surface area (Å²) in [5, 5.41) is 12.6. The van der Waals surface area contributed by atoms with Crippen molar-refractivity contribution in [3.05, 3.63) is 77.4 Å². The van der Waals surface area contributed by atoms with E-state index < -0.39 is 12.3 Å². The van der Waals surface area contributed by atoms with Crippen molar-refractivity contribution >= 4 is 55.7 Å². The number of imidazole rings is 1. The van der Waals surface area contributed by atoms with Crippen LogP contribution in [0.15, 0.2) is 60.7 Å². The van der Waals surface area contributed by atoms with Crippen LogP contribution in [-0.2, 0) is 11.2 Å². The van der Waals surface area contributed by atoms with Crippen LogP contribution in [-0.4, -0.2) is 39.1 Å². The molecule has 5 aromatic rings. The van der Waals surface area contributed by atoms with Gasteiger partial charge in [-0.2, -0.15) is 0 Å². The van der Waals surface area contributed by atoms with Gasteiger partial charge >= 0.3 is 12.3 Å². The van der Waals surface area contributed by atoms with Gasteiger partial charge in [0.05, 0.1) is 34.4 Å². The lowest BCUT2D eigenvalue weighted by molar-refractivity contribution is -0.274. The molecular weight excluding hydrogens is 629 g/mol. The van der Waals surface area contributed by atoms with E-state index in [1.807, 2.05) is 18.2 Å². The molecule has 1 unspecified atom stereocenters. The Balaban J connectivity index is 1.26. The van der Waals surface area contributed by atoms with Gasteiger partial charge in [-0.05, 0) is 54.2 Å². The van der Waals surface area contributed by atoms with Crippen LogP contribution in [0.5, 0.6) is 11.5 Å². The summed E-state index contributed by atoms with van der Waals surface area (Å²) in [6.07, 6.45) is 7.48. The van der Waals surface area contributed by atoms with Gasteiger partial charge in [-0.25, -0.2) is 9.97 Å². The summed E-state index contributed by atoms with van der Waals surface area (Å²) in [5.41, 5.74) is 5.53. The van der Waals surface area contributed by atoms with Crippen molar-refractivity contribution in [1.29, 1.82) is 0 Å². The molecule has 3 aromatic carbocycles. The number of thiazole rings is 1. The van der Waals surface area contributed by atoms with E-state index in [9.17, 15) is 18.0 Å². The van der Waals surface area contributed by atoms with Crippen LogP contribution in [0.1, 0.15) is 74.1 Å². The molecule has 0 radical (unpaired) electrons. The van der Waals surface area contributed by atoms with Gasteiger partial charge in [-0.15, -0.1) is 13.2 Å². The Morgan fingerprint density at radius 3 is 2.51 bits per heavy atom. The number of alkyl halides is 3. The second-order valence-electron chi connectivity index (χ2n) is 11.6. The van der Waals surface area contributed by atoms with Crippen LogP contribution in [0.2, 0.25) is 0 Å². The van der Waals surface area contributed by atoms with Crippen molar-refractivity contribution in [2.75, 3.05) is 12.4 Å². The molecule has 2 aromatic heterocycles. The second-order valence-corrected chi connectivity index (χ2v) is 12.6. The summed E-state index contributed by atoms with van der Waals surface area (Å²) in [6.45, 7) is 0. The number of aromatic nitrogens is 3. The number of fused-ring (bicyclic) bond motifs is 3. The maximum Gasteiger partial charge on any atom is 0.573 e. The van der Waals surface area contributed by atoms with Crippen molar-refractivity contribution in [3.8, 4) is 11.5 Å². The highest BCUT2D eigenvalue weighted by atomic mass is 32.1. The van der Waals surface area contributed by atoms with Gasteiger partial charge in [-0.1, -0.05) is 79.9 Å². The minimum atomic E-state index is -4.78. The zero-order valence-electron chi connectivity index (χ0n) is 25.8. The molecule has 2 heterocycles. The molecule has 0 bridgehead atoms. The molecule has 0 fully saturated rings. The Labute approximate surface area is 273 Å². The minimum Gasteiger partial charge on any atom is -0.496 e. The summed E-state index contributed by atoms with van der Waals surface area (Å²) in [6, 6.07) is 16.2. The fourth-order valence-electron chi connectivity index (χ4n) is 6.10. The number of rotatable bonds is 15. The number of methoxy groups -OCH3 is 1. The first kappa shape index (κ1) is 32.4. The number of nitrogens with one attached hydrogen (secondary N) is 1. The third-order valence-electron chi connectivity index (χ3n) is 8.29. The number of benzene rings is 3. The van der Waals surface area contributed by atoms with Gasteiger partial charge in [0.1, 0.15) is 11.5 Å². The SMILES string of the molecule is COc1cc2c(cc1CCCCCCCCCC(=O)O)nc(Nc1nc3ccc(OC(F)(F)F)cc3s1)n2C1C=Cc2ccccc21. The third-order valence-corrected chi connectivity index (χ3v) is 9.23. The Hall–Kier alpha value is -4.58. The normalized spacial score (nSPS) is 14.2. The van der Waals surface area contributed by atoms with Crippen LogP contribution < -0.4 is 14.8 Å². The van der Waals surface area contributed by atoms with E-state index >= 15 is 0 Å². The quantitative estimate of drug-likeness (QED) is 0.108. The zero-order valence-corrected chi connectivity index (χ0v) is 26.7. The van der Waals surface area contributed by atoms with Crippen molar-refractivity contribution in [2.24, 2.45) is 0 Å². The number of carbonyl (C=O) groups is 1. The smallest absolute Gasteiger partial charge is 0.496 e. The van der Waals surface area contributed by atoms with E-state index in [2.05, 4.69) is 50.0 Å². The number of hydrogen-bond donors (Lipinski definition) is 2. The van der Waals surface area contributed by atoms with E-state index in [1.165, 1.54) is 29.5 Å². The minimum absolute atomic E-state index is 0.147. The highest BCUT2D eigenvalue weighted by molar-refractivity contribution is 7.22. The zero-order chi connectivity index (χ0) is 33.0. The molecule has 246 valence electrons. The molecule has 0 spiro atoms. The summed E-state index contributed by atoms with van der Waals surface area (Å²) >= 11 is 1.22. The van der Waals surface area contributed by atoms with Crippen molar-refractivity contribution in [1.82, 2.24) is 14.5 Å². The number of allylic oxidation sites excluding steroid dienone is 1. The molecule has 12 heteroatoms. The Kier molecular flexibility index (Phi) is 9.67. The van der Waals surface area contributed by atoms with Crippen LogP contribution in [0.4, 0.5) is 24.3 Å². The Morgan fingerprint density at radius 2 is 1.74 bits per heavy atom. The number of carboxylic acids is 1. The molecule has 0 saturated heterocycles. The first-order valence-electron chi connectivity index (χ1n) is 15.7. The molecular formula is C35H35F3N4O4S. The number of aliphatic carboxylic acids is 1. The van der Waals surface area contributed by atoms with Gasteiger partial charge in [0.2, 0.25) is 5.95 Å². The predicted molar refractivity (Wildman–Crippen MR) is 178 cm³/mol. The average Bonchev–Trinajstić information content (AvgIpc) is 3.72. The number of ether oxygens (including phenoxy) is 2. The van der Waals surface area contributed by atoms with E-state index in [0.29, 0.717) is 21.3 Å². The van der Waals surface area contributed by atoms with Gasteiger partial charge in [0.15, 0.2) is 5.13 Å². The first-order chi connectivity index (χ1) is 22.7. The molecule has 0 amide bonds. The molecule has 1 aliphatic carbocycles. The maximum absolute atomic E-state index is 12.8. The van der Waals surface area contributed by atoms with E-state index in [0.717, 1.165) is 84.8 Å². The Morgan fingerprint density at radius 1 is 0.979 bits per heavy atom. The van der Waals surface area contributed by atoms with Crippen molar-refractivity contribution < 1.29 is 32.5 Å². The monoisotopic (exact) mass is 664 g/mol. The molecule has 1 atom stereocenters. The fraction of sp³-hybridized carbons (Fsp3) is 0.343. The number of aryl methyl sites for hydroxylation is 1. The Bertz CT molecular complexity index is 1920. The van der Waals surface area contributed by atoms with Crippen molar-refractivity contribution in [2.45, 2.75) is 70.2 Å². The van der Waals surface area contributed by atoms with Gasteiger partial charge < -0.3 is 19.9 Å². The fourth-order valence-corrected chi connectivity index (χ4v) is 6.99. The summed E-state index contributed by atoms with van der Waals surface area (Å²) in [5.74, 6) is 0.308. The summed E-state index contributed by atoms with van der Waals surface area (Å²) in [4.78, 5) is 20.3. The highest BCUT2D eigenvalue weighted by Gasteiger charge is 2.31. The van der Waals surface area contributed by atoms with Crippen LogP contribution >= 0.6 is 11.3 Å². The lowest BCUT2D eigenvalue weighted by Gasteiger charge is -2.18. The molecule has 8 nitrogen and oxygen atoms in total. The van der Waals surface area contributed by atoms with Crippen LogP contribution in [0.25, 0.3) is 27.3 Å². The standard InChI is InChI=1S/C35H35F3N4O4S/c1-45-30-21-29-27(19-23(30)12-7-5-3-2-4-6-8-14-32(43)44)39-33(42(29)28-18-15-22-11-9-10-13-25(22)28)41-34-40-26-17-16-24(20-31(26)47-34)46-35(36,37)38/h9-11,13,15-21,28H,2-8,12,14H2,1H3,(H,43,44)(H,39,40,41). The number of unbranched alkanes of at least 4 members (excludes halogenated alkanes) is 6. The molecule has 1 aliphatic rings. The molecule has 2 N–H and O–H groups in total. The first-order valence-corrected chi connectivity index (χ1v) is 16.5. The van der Waals surface area contributed by atoms with Gasteiger partial charge in [-0.3, -0.25) is 9.36 Å². The molecule has 0 aliphatic heterocycles. The maximum atomic E-state index is 12.8. The molecule has 6 rings (SSSR count). The number of anilines is 2. The van der Waals surface area contributed by atoms with E-state index in [-0.39, 0.29) is 18.2 Å². The topological polar surface area (TPSA) is 98.5 Å². The number of halogens is 3. The predicted octanol–water partition coefficient (Wildman–Crippen LogP) is 9.66. The van der Waals surface area contributed by atoms with Gasteiger partial charge in [0.25, 0.3) is 0 Å². The lowest BCUT2D eigenvalue weighted by atomic mass is 10.0. The highest BCUT2D eigenvalue weighted by Crippen LogP contribution is 2.40. The average molecular weight is 665 g/mol.